The number of aliphatic hydroxyl groups excluding tert-OH is 1. The van der Waals surface area contributed by atoms with Crippen molar-refractivity contribution in [1.82, 2.24) is 5.32 Å². The molecule has 2 rings (SSSR count). The maximum Gasteiger partial charge on any atom is 0.241 e. The topological polar surface area (TPSA) is 61.4 Å². The maximum atomic E-state index is 12.1. The van der Waals surface area contributed by atoms with E-state index in [2.05, 4.69) is 10.6 Å². The van der Waals surface area contributed by atoms with E-state index in [1.54, 1.807) is 0 Å². The minimum atomic E-state index is -0.252. The highest BCUT2D eigenvalue weighted by Crippen LogP contribution is 2.25. The Bertz CT molecular complexity index is 408. The Morgan fingerprint density at radius 2 is 2.11 bits per heavy atom. The summed E-state index contributed by atoms with van der Waals surface area (Å²) >= 11 is 0. The second kappa shape index (κ2) is 6.68. The molecule has 1 aromatic rings. The van der Waals surface area contributed by atoms with Gasteiger partial charge in [-0.3, -0.25) is 4.79 Å². The summed E-state index contributed by atoms with van der Waals surface area (Å²) in [6.07, 6.45) is 3.20. The van der Waals surface area contributed by atoms with Gasteiger partial charge in [0.1, 0.15) is 0 Å². The molecule has 1 aromatic carbocycles. The summed E-state index contributed by atoms with van der Waals surface area (Å²) in [5, 5.41) is 15.5. The molecule has 1 saturated carbocycles. The summed E-state index contributed by atoms with van der Waals surface area (Å²) in [6.45, 7) is 2.07. The lowest BCUT2D eigenvalue weighted by Crippen LogP contribution is -2.46. The number of hydrogen-bond donors (Lipinski definition) is 3. The number of hydrogen-bond acceptors (Lipinski definition) is 3. The van der Waals surface area contributed by atoms with Gasteiger partial charge in [0.15, 0.2) is 0 Å². The molecule has 1 aliphatic rings. The fourth-order valence-corrected chi connectivity index (χ4v) is 2.64. The van der Waals surface area contributed by atoms with Gasteiger partial charge in [-0.25, -0.2) is 0 Å². The molecule has 4 nitrogen and oxygen atoms in total. The molecule has 4 heteroatoms. The monoisotopic (exact) mass is 262 g/mol. The van der Waals surface area contributed by atoms with Crippen LogP contribution in [-0.4, -0.2) is 29.7 Å². The maximum absolute atomic E-state index is 12.1. The van der Waals surface area contributed by atoms with Crippen LogP contribution in [0.1, 0.15) is 26.2 Å². The quantitative estimate of drug-likeness (QED) is 0.758. The fourth-order valence-electron chi connectivity index (χ4n) is 2.64. The van der Waals surface area contributed by atoms with Crippen molar-refractivity contribution in [3.63, 3.8) is 0 Å². The average Bonchev–Trinajstić information content (AvgIpc) is 2.87. The van der Waals surface area contributed by atoms with Crippen LogP contribution in [-0.2, 0) is 4.79 Å². The number of benzene rings is 1. The molecule has 0 bridgehead atoms. The number of anilines is 1. The van der Waals surface area contributed by atoms with Crippen molar-refractivity contribution in [3.05, 3.63) is 30.3 Å². The van der Waals surface area contributed by atoms with Gasteiger partial charge in [-0.1, -0.05) is 24.6 Å². The van der Waals surface area contributed by atoms with Gasteiger partial charge in [-0.2, -0.15) is 0 Å². The highest BCUT2D eigenvalue weighted by atomic mass is 16.3. The van der Waals surface area contributed by atoms with Crippen LogP contribution in [0.3, 0.4) is 0 Å². The molecule has 0 heterocycles. The molecular weight excluding hydrogens is 240 g/mol. The Hall–Kier alpha value is -1.39. The van der Waals surface area contributed by atoms with Crippen LogP contribution < -0.4 is 10.6 Å². The predicted octanol–water partition coefficient (Wildman–Crippen LogP) is 1.76. The molecule has 1 aliphatic carbocycles. The van der Waals surface area contributed by atoms with Crippen molar-refractivity contribution in [2.45, 2.75) is 38.3 Å². The lowest BCUT2D eigenvalue weighted by atomic mass is 10.0. The van der Waals surface area contributed by atoms with Gasteiger partial charge >= 0.3 is 0 Å². The van der Waals surface area contributed by atoms with Crippen LogP contribution in [0.5, 0.6) is 0 Å². The van der Waals surface area contributed by atoms with Crippen LogP contribution in [0, 0.1) is 5.92 Å². The van der Waals surface area contributed by atoms with E-state index in [0.717, 1.165) is 24.9 Å². The van der Waals surface area contributed by atoms with Crippen molar-refractivity contribution in [1.29, 1.82) is 0 Å². The predicted molar refractivity (Wildman–Crippen MR) is 75.9 cm³/mol. The van der Waals surface area contributed by atoms with Gasteiger partial charge in [0.05, 0.1) is 6.04 Å². The van der Waals surface area contributed by atoms with E-state index in [1.165, 1.54) is 0 Å². The summed E-state index contributed by atoms with van der Waals surface area (Å²) in [4.78, 5) is 12.1. The number of nitrogens with one attached hydrogen (secondary N) is 2. The number of para-hydroxylation sites is 1. The highest BCUT2D eigenvalue weighted by Gasteiger charge is 2.28. The Labute approximate surface area is 114 Å². The lowest BCUT2D eigenvalue weighted by molar-refractivity contribution is -0.118. The summed E-state index contributed by atoms with van der Waals surface area (Å²) in [7, 11) is 0. The van der Waals surface area contributed by atoms with E-state index < -0.39 is 0 Å². The average molecular weight is 262 g/mol. The third-order valence-electron chi connectivity index (χ3n) is 3.79. The second-order valence-corrected chi connectivity index (χ2v) is 5.22. The van der Waals surface area contributed by atoms with E-state index in [-0.39, 0.29) is 30.5 Å². The van der Waals surface area contributed by atoms with Gasteiger partial charge in [0, 0.05) is 18.3 Å². The molecule has 1 amide bonds. The second-order valence-electron chi connectivity index (χ2n) is 5.22. The van der Waals surface area contributed by atoms with Crippen LogP contribution >= 0.6 is 0 Å². The van der Waals surface area contributed by atoms with Crippen LogP contribution in [0.25, 0.3) is 0 Å². The Morgan fingerprint density at radius 3 is 2.79 bits per heavy atom. The normalized spacial score (nSPS) is 24.1. The molecular formula is C15H22N2O2. The smallest absolute Gasteiger partial charge is 0.241 e. The number of carbonyl (C=O) groups excluding carboxylic acids is 1. The highest BCUT2D eigenvalue weighted by molar-refractivity contribution is 5.94. The number of amides is 1. The van der Waals surface area contributed by atoms with Gasteiger partial charge in [-0.05, 0) is 37.8 Å². The molecule has 0 aliphatic heterocycles. The molecule has 0 saturated heterocycles. The first-order valence-corrected chi connectivity index (χ1v) is 6.93. The molecule has 3 unspecified atom stereocenters. The lowest BCUT2D eigenvalue weighted by Gasteiger charge is -2.23. The van der Waals surface area contributed by atoms with Crippen molar-refractivity contribution in [2.75, 3.05) is 11.9 Å². The number of rotatable bonds is 5. The van der Waals surface area contributed by atoms with Crippen molar-refractivity contribution >= 4 is 11.6 Å². The SMILES string of the molecule is CC(NC1CCCC1CO)C(=O)Nc1ccccc1. The molecule has 1 fully saturated rings. The Morgan fingerprint density at radius 1 is 1.37 bits per heavy atom. The minimum Gasteiger partial charge on any atom is -0.396 e. The number of aliphatic hydroxyl groups is 1. The third kappa shape index (κ3) is 3.78. The zero-order chi connectivity index (χ0) is 13.7. The van der Waals surface area contributed by atoms with Crippen LogP contribution in [0.15, 0.2) is 30.3 Å². The van der Waals surface area contributed by atoms with E-state index in [9.17, 15) is 9.90 Å². The van der Waals surface area contributed by atoms with Gasteiger partial charge in [-0.15, -0.1) is 0 Å². The van der Waals surface area contributed by atoms with Crippen LogP contribution in [0.2, 0.25) is 0 Å². The van der Waals surface area contributed by atoms with E-state index in [0.29, 0.717) is 0 Å². The van der Waals surface area contributed by atoms with Gasteiger partial charge in [0.25, 0.3) is 0 Å². The minimum absolute atomic E-state index is 0.0326. The zero-order valence-electron chi connectivity index (χ0n) is 11.3. The first-order valence-electron chi connectivity index (χ1n) is 6.93. The zero-order valence-corrected chi connectivity index (χ0v) is 11.3. The molecule has 3 atom stereocenters. The summed E-state index contributed by atoms with van der Waals surface area (Å²) in [6, 6.07) is 9.45. The summed E-state index contributed by atoms with van der Waals surface area (Å²) in [5.41, 5.74) is 0.811. The molecule has 0 spiro atoms. The Balaban J connectivity index is 1.85. The fraction of sp³-hybridized carbons (Fsp3) is 0.533. The van der Waals surface area contributed by atoms with Crippen LogP contribution in [0.4, 0.5) is 5.69 Å². The molecule has 104 valence electrons. The molecule has 0 radical (unpaired) electrons. The van der Waals surface area contributed by atoms with Gasteiger partial charge < -0.3 is 15.7 Å². The Kier molecular flexibility index (Phi) is 4.93. The first-order chi connectivity index (χ1) is 9.20. The van der Waals surface area contributed by atoms with E-state index in [1.807, 2.05) is 37.3 Å². The molecule has 0 aromatic heterocycles. The standard InChI is InChI=1S/C15H22N2O2/c1-11(16-14-9-5-6-12(14)10-18)15(19)17-13-7-3-2-4-8-13/h2-4,7-8,11-12,14,16,18H,5-6,9-10H2,1H3,(H,17,19). The summed E-state index contributed by atoms with van der Waals surface area (Å²) in [5.74, 6) is 0.252. The van der Waals surface area contributed by atoms with Gasteiger partial charge in [0.2, 0.25) is 5.91 Å². The number of carbonyl (C=O) groups is 1. The van der Waals surface area contributed by atoms with E-state index in [4.69, 9.17) is 0 Å². The third-order valence-corrected chi connectivity index (χ3v) is 3.79. The van der Waals surface area contributed by atoms with Crippen molar-refractivity contribution < 1.29 is 9.90 Å². The molecule has 19 heavy (non-hydrogen) atoms. The first kappa shape index (κ1) is 14.0. The van der Waals surface area contributed by atoms with Crippen molar-refractivity contribution in [3.8, 4) is 0 Å². The largest absolute Gasteiger partial charge is 0.396 e. The van der Waals surface area contributed by atoms with E-state index >= 15 is 0 Å². The summed E-state index contributed by atoms with van der Waals surface area (Å²) < 4.78 is 0. The van der Waals surface area contributed by atoms with Crippen molar-refractivity contribution in [2.24, 2.45) is 5.92 Å². The molecule has 3 N–H and O–H groups in total.